The van der Waals surface area contributed by atoms with E-state index in [1.165, 1.54) is 121 Å². The van der Waals surface area contributed by atoms with E-state index in [4.69, 9.17) is 0 Å². The largest absolute Gasteiger partial charge is 0.311 e. The van der Waals surface area contributed by atoms with Crippen molar-refractivity contribution in [3.63, 3.8) is 0 Å². The number of fused-ring (bicyclic) bond motifs is 11. The van der Waals surface area contributed by atoms with Crippen molar-refractivity contribution in [3.8, 4) is 55.6 Å². The van der Waals surface area contributed by atoms with Gasteiger partial charge in [-0.2, -0.15) is 0 Å². The Morgan fingerprint density at radius 2 is 0.556 bits per heavy atom. The van der Waals surface area contributed by atoms with Gasteiger partial charge in [0.25, 0.3) is 0 Å². The van der Waals surface area contributed by atoms with Crippen LogP contribution in [0.3, 0.4) is 0 Å². The van der Waals surface area contributed by atoms with Crippen LogP contribution in [0.25, 0.3) is 109 Å². The number of nitrogens with zero attached hydrogens (tertiary/aromatic N) is 1. The lowest BCUT2D eigenvalue weighted by molar-refractivity contribution is 0.661. The van der Waals surface area contributed by atoms with Gasteiger partial charge in [-0.15, -0.1) is 0 Å². The van der Waals surface area contributed by atoms with Crippen LogP contribution in [0.15, 0.2) is 261 Å². The third kappa shape index (κ3) is 6.62. The van der Waals surface area contributed by atoms with E-state index in [0.29, 0.717) is 0 Å². The molecule has 0 N–H and O–H groups in total. The lowest BCUT2D eigenvalue weighted by atomic mass is 9.80. The number of hydrogen-bond donors (Lipinski definition) is 0. The normalized spacial score (nSPS) is 12.7. The minimum atomic E-state index is -0.156. The van der Waals surface area contributed by atoms with Gasteiger partial charge in [-0.05, 0) is 175 Å². The fourth-order valence-electron chi connectivity index (χ4n) is 12.1. The first kappa shape index (κ1) is 41.9. The molecule has 0 atom stereocenters. The first-order chi connectivity index (χ1) is 35.5. The van der Waals surface area contributed by atoms with Gasteiger partial charge in [0.1, 0.15) is 0 Å². The molecule has 1 nitrogen and oxygen atoms in total. The van der Waals surface area contributed by atoms with Crippen LogP contribution in [0.5, 0.6) is 0 Å². The molecule has 338 valence electrons. The summed E-state index contributed by atoms with van der Waals surface area (Å²) in [6.07, 6.45) is 0. The summed E-state index contributed by atoms with van der Waals surface area (Å²) >= 11 is 0. The fourth-order valence-corrected chi connectivity index (χ4v) is 12.1. The molecule has 0 aromatic heterocycles. The van der Waals surface area contributed by atoms with Crippen LogP contribution in [-0.2, 0) is 5.41 Å². The van der Waals surface area contributed by atoms with Crippen molar-refractivity contribution >= 4 is 70.9 Å². The van der Waals surface area contributed by atoms with Gasteiger partial charge in [0.15, 0.2) is 0 Å². The topological polar surface area (TPSA) is 3.24 Å². The van der Waals surface area contributed by atoms with Gasteiger partial charge >= 0.3 is 0 Å². The van der Waals surface area contributed by atoms with Crippen molar-refractivity contribution in [2.45, 2.75) is 19.3 Å². The third-order valence-electron chi connectivity index (χ3n) is 15.6. The third-order valence-corrected chi connectivity index (χ3v) is 15.6. The predicted molar refractivity (Wildman–Crippen MR) is 308 cm³/mol. The zero-order valence-electron chi connectivity index (χ0n) is 40.3. The van der Waals surface area contributed by atoms with Crippen LogP contribution in [0, 0.1) is 0 Å². The number of rotatable bonds is 7. The zero-order chi connectivity index (χ0) is 47.9. The molecule has 0 bridgehead atoms. The summed E-state index contributed by atoms with van der Waals surface area (Å²) < 4.78 is 0. The van der Waals surface area contributed by atoms with Crippen LogP contribution >= 0.6 is 0 Å². The van der Waals surface area contributed by atoms with Crippen molar-refractivity contribution < 1.29 is 0 Å². The molecule has 0 saturated heterocycles. The smallest absolute Gasteiger partial charge is 0.0462 e. The molecule has 0 unspecified atom stereocenters. The van der Waals surface area contributed by atoms with Crippen molar-refractivity contribution in [2.75, 3.05) is 4.90 Å². The Hall–Kier alpha value is -9.04. The van der Waals surface area contributed by atoms with Gasteiger partial charge in [0.2, 0.25) is 0 Å². The van der Waals surface area contributed by atoms with E-state index in [2.05, 4.69) is 280 Å². The van der Waals surface area contributed by atoms with Gasteiger partial charge < -0.3 is 4.90 Å². The second-order valence-corrected chi connectivity index (χ2v) is 20.0. The SMILES string of the molecule is CC1(C)c2ccc(-c3c4ccccc4c(-c4ccc(N(c5ccc(-c6ccccc6)cc5)c5ccc(-c6ccccc6)cc5)cc4)c4ccccc34)cc2-c2cc3c4ccccc4c4ccccc4c3cc21. The van der Waals surface area contributed by atoms with Gasteiger partial charge in [0.05, 0.1) is 0 Å². The Labute approximate surface area is 420 Å². The summed E-state index contributed by atoms with van der Waals surface area (Å²) in [5.41, 5.74) is 18.3. The Morgan fingerprint density at radius 1 is 0.236 bits per heavy atom. The quantitative estimate of drug-likeness (QED) is 0.114. The Kier molecular flexibility index (Phi) is 9.63. The summed E-state index contributed by atoms with van der Waals surface area (Å²) in [6.45, 7) is 4.81. The summed E-state index contributed by atoms with van der Waals surface area (Å²) in [5, 5.41) is 12.9. The molecule has 1 heteroatoms. The first-order valence-electron chi connectivity index (χ1n) is 25.2. The molecule has 1 aliphatic carbocycles. The first-order valence-corrected chi connectivity index (χ1v) is 25.2. The maximum Gasteiger partial charge on any atom is 0.0462 e. The number of anilines is 3. The molecule has 13 aromatic carbocycles. The molecule has 0 radical (unpaired) electrons. The average Bonchev–Trinajstić information content (AvgIpc) is 3.67. The minimum Gasteiger partial charge on any atom is -0.311 e. The van der Waals surface area contributed by atoms with Gasteiger partial charge in [-0.25, -0.2) is 0 Å². The van der Waals surface area contributed by atoms with E-state index >= 15 is 0 Å². The Balaban J connectivity index is 0.898. The summed E-state index contributed by atoms with van der Waals surface area (Å²) in [4.78, 5) is 2.37. The second-order valence-electron chi connectivity index (χ2n) is 20.0. The second kappa shape index (κ2) is 16.5. The maximum absolute atomic E-state index is 2.51. The molecule has 72 heavy (non-hydrogen) atoms. The molecular formula is C71H49N. The minimum absolute atomic E-state index is 0.156. The highest BCUT2D eigenvalue weighted by molar-refractivity contribution is 6.26. The lowest BCUT2D eigenvalue weighted by Gasteiger charge is -2.26. The van der Waals surface area contributed by atoms with Crippen molar-refractivity contribution in [1.29, 1.82) is 0 Å². The summed E-state index contributed by atoms with van der Waals surface area (Å²) in [7, 11) is 0. The van der Waals surface area contributed by atoms with E-state index in [1.54, 1.807) is 0 Å². The van der Waals surface area contributed by atoms with Crippen LogP contribution < -0.4 is 4.90 Å². The maximum atomic E-state index is 2.51. The molecule has 0 fully saturated rings. The number of hydrogen-bond acceptors (Lipinski definition) is 1. The van der Waals surface area contributed by atoms with E-state index in [0.717, 1.165) is 17.1 Å². The van der Waals surface area contributed by atoms with Crippen molar-refractivity contribution in [3.05, 3.63) is 272 Å². The van der Waals surface area contributed by atoms with E-state index in [-0.39, 0.29) is 5.41 Å². The lowest BCUT2D eigenvalue weighted by Crippen LogP contribution is -2.14. The van der Waals surface area contributed by atoms with Crippen molar-refractivity contribution in [2.24, 2.45) is 0 Å². The van der Waals surface area contributed by atoms with E-state index < -0.39 is 0 Å². The molecule has 1 aliphatic rings. The molecule has 14 rings (SSSR count). The molecule has 0 aliphatic heterocycles. The Bertz CT molecular complexity index is 4100. The highest BCUT2D eigenvalue weighted by Crippen LogP contribution is 2.54. The van der Waals surface area contributed by atoms with Crippen LogP contribution in [-0.4, -0.2) is 0 Å². The number of benzene rings is 13. The Morgan fingerprint density at radius 3 is 1.00 bits per heavy atom. The van der Waals surface area contributed by atoms with Crippen LogP contribution in [0.4, 0.5) is 17.1 Å². The highest BCUT2D eigenvalue weighted by Gasteiger charge is 2.36. The summed E-state index contributed by atoms with van der Waals surface area (Å²) in [6, 6.07) is 96.5. The molecule has 13 aromatic rings. The standard InChI is InChI=1S/C71H49N/c1-71(2)67-42-35-51(43-65(67)66-44-63-57-23-11-9-21-55(57)56-22-10-12-24-58(56)64(63)45-68(66)71)70-61-27-15-13-25-59(61)69(60-26-14-16-28-62(60)70)50-33-40-54(41-34-50)72(52-36-29-48(30-37-52)46-17-5-3-6-18-46)53-38-31-49(32-39-53)47-19-7-4-8-20-47/h3-45H,1-2H3. The molecule has 0 heterocycles. The van der Waals surface area contributed by atoms with E-state index in [1.807, 2.05) is 0 Å². The van der Waals surface area contributed by atoms with Crippen LogP contribution in [0.2, 0.25) is 0 Å². The molecular weight excluding hydrogens is 867 g/mol. The fraction of sp³-hybridized carbons (Fsp3) is 0.0423. The monoisotopic (exact) mass is 915 g/mol. The molecule has 0 saturated carbocycles. The van der Waals surface area contributed by atoms with Crippen molar-refractivity contribution in [1.82, 2.24) is 0 Å². The van der Waals surface area contributed by atoms with Gasteiger partial charge in [-0.1, -0.05) is 220 Å². The zero-order valence-corrected chi connectivity index (χ0v) is 40.3. The van der Waals surface area contributed by atoms with Gasteiger partial charge in [0, 0.05) is 22.5 Å². The van der Waals surface area contributed by atoms with Gasteiger partial charge in [-0.3, -0.25) is 0 Å². The highest BCUT2D eigenvalue weighted by atomic mass is 15.1. The summed E-state index contributed by atoms with van der Waals surface area (Å²) in [5.74, 6) is 0. The van der Waals surface area contributed by atoms with Crippen LogP contribution in [0.1, 0.15) is 25.0 Å². The molecule has 0 amide bonds. The van der Waals surface area contributed by atoms with E-state index in [9.17, 15) is 0 Å². The average molecular weight is 916 g/mol. The molecule has 0 spiro atoms. The predicted octanol–water partition coefficient (Wildman–Crippen LogP) is 19.9.